The number of amides is 3. The highest BCUT2D eigenvalue weighted by atomic mass is 35.5. The number of hydrogen-bond donors (Lipinski definition) is 1. The van der Waals surface area contributed by atoms with Crippen molar-refractivity contribution in [2.45, 2.75) is 6.42 Å². The van der Waals surface area contributed by atoms with E-state index in [1.165, 1.54) is 12.3 Å². The second kappa shape index (κ2) is 5.31. The number of carbonyl (C=O) groups excluding carboxylic acids is 2. The molecular weight excluding hydrogens is 315 g/mol. The zero-order chi connectivity index (χ0) is 15.0. The molecule has 21 heavy (non-hydrogen) atoms. The largest absolute Gasteiger partial charge is 0.334 e. The van der Waals surface area contributed by atoms with Crippen molar-refractivity contribution in [1.29, 1.82) is 0 Å². The van der Waals surface area contributed by atoms with Gasteiger partial charge in [0.15, 0.2) is 5.82 Å². The maximum atomic E-state index is 12.2. The highest BCUT2D eigenvalue weighted by Crippen LogP contribution is 2.36. The van der Waals surface area contributed by atoms with Gasteiger partial charge in [-0.05, 0) is 29.8 Å². The number of urea groups is 1. The van der Waals surface area contributed by atoms with E-state index < -0.39 is 6.03 Å². The number of nitrogens with zero attached hydrogens (tertiary/aromatic N) is 3. The molecule has 0 bridgehead atoms. The molecule has 0 aliphatic carbocycles. The van der Waals surface area contributed by atoms with Crippen molar-refractivity contribution in [3.8, 4) is 0 Å². The van der Waals surface area contributed by atoms with Crippen LogP contribution in [0.2, 0.25) is 10.0 Å². The highest BCUT2D eigenvalue weighted by molar-refractivity contribution is 6.42. The summed E-state index contributed by atoms with van der Waals surface area (Å²) in [5, 5.41) is 10.5. The van der Waals surface area contributed by atoms with E-state index in [9.17, 15) is 9.59 Å². The fourth-order valence-corrected chi connectivity index (χ4v) is 2.40. The van der Waals surface area contributed by atoms with Crippen LogP contribution in [0.3, 0.4) is 0 Å². The molecule has 0 spiro atoms. The minimum absolute atomic E-state index is 0.0973. The van der Waals surface area contributed by atoms with Crippen LogP contribution < -0.4 is 10.2 Å². The van der Waals surface area contributed by atoms with Gasteiger partial charge < -0.3 is 0 Å². The second-order valence-electron chi connectivity index (χ2n) is 4.34. The van der Waals surface area contributed by atoms with Gasteiger partial charge in [0.25, 0.3) is 0 Å². The van der Waals surface area contributed by atoms with Crippen molar-refractivity contribution in [2.24, 2.45) is 0 Å². The Labute approximate surface area is 129 Å². The molecule has 0 fully saturated rings. The van der Waals surface area contributed by atoms with E-state index in [1.54, 1.807) is 18.2 Å². The Morgan fingerprint density at radius 1 is 1.29 bits per heavy atom. The van der Waals surface area contributed by atoms with Gasteiger partial charge in [0.05, 0.1) is 22.2 Å². The van der Waals surface area contributed by atoms with Gasteiger partial charge in [-0.15, -0.1) is 5.10 Å². The maximum absolute atomic E-state index is 12.2. The van der Waals surface area contributed by atoms with Crippen molar-refractivity contribution >= 4 is 46.6 Å². The Morgan fingerprint density at radius 3 is 2.76 bits per heavy atom. The Morgan fingerprint density at radius 2 is 2.05 bits per heavy atom. The van der Waals surface area contributed by atoms with Crippen LogP contribution in [0, 0.1) is 0 Å². The standard InChI is InChI=1S/C13H8Cl2N4O2/c14-8-4-7-5-12(20)19(10(7)6-9(8)15)13(21)17-11-2-1-3-16-18-11/h1-4,6H,5H2,(H,17,18,21). The average molecular weight is 323 g/mol. The molecule has 3 amide bonds. The van der Waals surface area contributed by atoms with Gasteiger partial charge in [0, 0.05) is 6.20 Å². The Hall–Kier alpha value is -2.18. The van der Waals surface area contributed by atoms with E-state index in [-0.39, 0.29) is 23.2 Å². The molecule has 0 saturated carbocycles. The molecule has 106 valence electrons. The minimum Gasteiger partial charge on any atom is -0.290 e. The first-order valence-corrected chi connectivity index (χ1v) is 6.71. The Kier molecular flexibility index (Phi) is 3.48. The predicted molar refractivity (Wildman–Crippen MR) is 78.7 cm³/mol. The molecule has 2 aromatic rings. The Bertz CT molecular complexity index is 736. The fraction of sp³-hybridized carbons (Fsp3) is 0.0769. The third-order valence-corrected chi connectivity index (χ3v) is 3.69. The van der Waals surface area contributed by atoms with Crippen LogP contribution in [-0.2, 0) is 11.2 Å². The molecule has 0 radical (unpaired) electrons. The van der Waals surface area contributed by atoms with Crippen LogP contribution in [0.1, 0.15) is 5.56 Å². The lowest BCUT2D eigenvalue weighted by Gasteiger charge is -2.16. The van der Waals surface area contributed by atoms with Crippen LogP contribution in [0.25, 0.3) is 0 Å². The first kappa shape index (κ1) is 13.8. The summed E-state index contributed by atoms with van der Waals surface area (Å²) < 4.78 is 0. The van der Waals surface area contributed by atoms with E-state index in [1.807, 2.05) is 0 Å². The topological polar surface area (TPSA) is 75.2 Å². The van der Waals surface area contributed by atoms with E-state index in [0.717, 1.165) is 4.90 Å². The van der Waals surface area contributed by atoms with Crippen molar-refractivity contribution in [2.75, 3.05) is 10.2 Å². The molecule has 6 nitrogen and oxygen atoms in total. The average Bonchev–Trinajstić information content (AvgIpc) is 2.75. The number of fused-ring (bicyclic) bond motifs is 1. The summed E-state index contributed by atoms with van der Waals surface area (Å²) in [6, 6.07) is 5.67. The highest BCUT2D eigenvalue weighted by Gasteiger charge is 2.33. The molecule has 1 aromatic carbocycles. The van der Waals surface area contributed by atoms with Gasteiger partial charge >= 0.3 is 6.03 Å². The first-order valence-electron chi connectivity index (χ1n) is 5.96. The van der Waals surface area contributed by atoms with Crippen molar-refractivity contribution in [1.82, 2.24) is 10.2 Å². The monoisotopic (exact) mass is 322 g/mol. The van der Waals surface area contributed by atoms with Gasteiger partial charge in [-0.3, -0.25) is 10.1 Å². The zero-order valence-corrected chi connectivity index (χ0v) is 12.0. The van der Waals surface area contributed by atoms with E-state index in [4.69, 9.17) is 23.2 Å². The Balaban J connectivity index is 1.92. The first-order chi connectivity index (χ1) is 10.1. The molecule has 8 heteroatoms. The number of hydrogen-bond acceptors (Lipinski definition) is 4. The van der Waals surface area contributed by atoms with Gasteiger partial charge in [-0.25, -0.2) is 9.69 Å². The smallest absolute Gasteiger partial charge is 0.290 e. The number of carbonyl (C=O) groups is 2. The fourth-order valence-electron chi connectivity index (χ4n) is 2.06. The lowest BCUT2D eigenvalue weighted by molar-refractivity contribution is -0.116. The third-order valence-electron chi connectivity index (χ3n) is 2.96. The van der Waals surface area contributed by atoms with Gasteiger partial charge in [-0.2, -0.15) is 5.10 Å². The molecule has 1 aliphatic heterocycles. The van der Waals surface area contributed by atoms with Crippen molar-refractivity contribution in [3.05, 3.63) is 46.1 Å². The summed E-state index contributed by atoms with van der Waals surface area (Å²) in [5.41, 5.74) is 1.08. The molecule has 0 unspecified atom stereocenters. The van der Waals surface area contributed by atoms with Crippen LogP contribution >= 0.6 is 23.2 Å². The van der Waals surface area contributed by atoms with Gasteiger partial charge in [-0.1, -0.05) is 23.2 Å². The van der Waals surface area contributed by atoms with Crippen molar-refractivity contribution in [3.63, 3.8) is 0 Å². The van der Waals surface area contributed by atoms with Crippen LogP contribution in [0.4, 0.5) is 16.3 Å². The molecule has 0 atom stereocenters. The number of anilines is 2. The van der Waals surface area contributed by atoms with E-state index in [2.05, 4.69) is 15.5 Å². The predicted octanol–water partition coefficient (Wildman–Crippen LogP) is 2.90. The van der Waals surface area contributed by atoms with Crippen LogP contribution in [0.15, 0.2) is 30.5 Å². The lowest BCUT2D eigenvalue weighted by Crippen LogP contribution is -2.37. The molecule has 1 N–H and O–H groups in total. The van der Waals surface area contributed by atoms with E-state index >= 15 is 0 Å². The number of imide groups is 1. The summed E-state index contributed by atoms with van der Waals surface area (Å²) in [7, 11) is 0. The number of halogens is 2. The van der Waals surface area contributed by atoms with Crippen LogP contribution in [0.5, 0.6) is 0 Å². The second-order valence-corrected chi connectivity index (χ2v) is 5.15. The molecule has 2 heterocycles. The summed E-state index contributed by atoms with van der Waals surface area (Å²) in [6.45, 7) is 0. The lowest BCUT2D eigenvalue weighted by atomic mass is 10.2. The number of rotatable bonds is 1. The maximum Gasteiger partial charge on any atom is 0.334 e. The van der Waals surface area contributed by atoms with E-state index in [0.29, 0.717) is 16.3 Å². The molecular formula is C13H8Cl2N4O2. The summed E-state index contributed by atoms with van der Waals surface area (Å²) in [6.07, 6.45) is 1.58. The summed E-state index contributed by atoms with van der Waals surface area (Å²) in [5.74, 6) is -0.103. The number of nitrogens with one attached hydrogen (secondary N) is 1. The quantitative estimate of drug-likeness (QED) is 0.875. The number of aromatic nitrogens is 2. The molecule has 1 aliphatic rings. The normalized spacial score (nSPS) is 13.2. The van der Waals surface area contributed by atoms with Crippen molar-refractivity contribution < 1.29 is 9.59 Å². The SMILES string of the molecule is O=C1Cc2cc(Cl)c(Cl)cc2N1C(=O)Nc1cccnn1. The van der Waals surface area contributed by atoms with Gasteiger partial charge in [0.2, 0.25) is 5.91 Å². The summed E-state index contributed by atoms with van der Waals surface area (Å²) in [4.78, 5) is 25.3. The summed E-state index contributed by atoms with van der Waals surface area (Å²) >= 11 is 11.9. The molecule has 3 rings (SSSR count). The third kappa shape index (κ3) is 2.55. The van der Waals surface area contributed by atoms with Gasteiger partial charge in [0.1, 0.15) is 0 Å². The van der Waals surface area contributed by atoms with Crippen LogP contribution in [-0.4, -0.2) is 22.1 Å². The number of benzene rings is 1. The minimum atomic E-state index is -0.613. The zero-order valence-electron chi connectivity index (χ0n) is 10.5. The molecule has 1 aromatic heterocycles. The molecule has 0 saturated heterocycles.